The molecule has 2 rings (SSSR count). The molecule has 0 amide bonds. The number of hydrogen-bond donors (Lipinski definition) is 2. The fourth-order valence-corrected chi connectivity index (χ4v) is 2.73. The topological polar surface area (TPSA) is 58.2 Å². The molecule has 4 nitrogen and oxygen atoms in total. The van der Waals surface area contributed by atoms with Crippen molar-refractivity contribution in [3.63, 3.8) is 0 Å². The number of rotatable bonds is 7. The molecule has 0 heterocycles. The van der Waals surface area contributed by atoms with Gasteiger partial charge in [-0.25, -0.2) is 13.1 Å². The molecule has 118 valence electrons. The van der Waals surface area contributed by atoms with E-state index in [1.807, 2.05) is 0 Å². The zero-order valence-electron chi connectivity index (χ0n) is 11.3. The van der Waals surface area contributed by atoms with E-state index in [0.29, 0.717) is 12.6 Å². The molecule has 0 unspecified atom stereocenters. The summed E-state index contributed by atoms with van der Waals surface area (Å²) in [5, 5.41) is 3.07. The Morgan fingerprint density at radius 1 is 1.24 bits per heavy atom. The molecule has 8 heteroatoms. The Morgan fingerprint density at radius 3 is 2.57 bits per heavy atom. The fraction of sp³-hybridized carbons (Fsp3) is 0.538. The number of halogens is 3. The normalized spacial score (nSPS) is 16.1. The predicted octanol–water partition coefficient (Wildman–Crippen LogP) is 1.88. The summed E-state index contributed by atoms with van der Waals surface area (Å²) in [5.41, 5.74) is -0.502. The van der Waals surface area contributed by atoms with Crippen LogP contribution in [0.1, 0.15) is 24.0 Å². The van der Waals surface area contributed by atoms with E-state index < -0.39 is 21.8 Å². The summed E-state index contributed by atoms with van der Waals surface area (Å²) < 4.78 is 63.4. The van der Waals surface area contributed by atoms with E-state index in [-0.39, 0.29) is 17.9 Å². The Bertz CT molecular complexity index is 583. The Kier molecular flexibility index (Phi) is 4.90. The van der Waals surface area contributed by atoms with Crippen molar-refractivity contribution in [3.05, 3.63) is 35.4 Å². The van der Waals surface area contributed by atoms with Crippen molar-refractivity contribution in [1.82, 2.24) is 10.0 Å². The van der Waals surface area contributed by atoms with Gasteiger partial charge in [-0.05, 0) is 24.5 Å². The van der Waals surface area contributed by atoms with Gasteiger partial charge in [-0.2, -0.15) is 13.2 Å². The smallest absolute Gasteiger partial charge is 0.313 e. The molecule has 1 aromatic carbocycles. The van der Waals surface area contributed by atoms with E-state index >= 15 is 0 Å². The van der Waals surface area contributed by atoms with Crippen LogP contribution in [0.4, 0.5) is 13.2 Å². The third kappa shape index (κ3) is 5.64. The molecule has 2 N–H and O–H groups in total. The molecule has 0 atom stereocenters. The highest BCUT2D eigenvalue weighted by Crippen LogP contribution is 2.29. The third-order valence-corrected chi connectivity index (χ3v) is 4.46. The van der Waals surface area contributed by atoms with Crippen LogP contribution in [0.5, 0.6) is 0 Å². The lowest BCUT2D eigenvalue weighted by atomic mass is 10.1. The first kappa shape index (κ1) is 16.3. The lowest BCUT2D eigenvalue weighted by Crippen LogP contribution is -2.32. The van der Waals surface area contributed by atoms with Gasteiger partial charge in [0.25, 0.3) is 0 Å². The third-order valence-electron chi connectivity index (χ3n) is 3.13. The fourth-order valence-electron chi connectivity index (χ4n) is 1.81. The van der Waals surface area contributed by atoms with Gasteiger partial charge in [-0.15, -0.1) is 0 Å². The predicted molar refractivity (Wildman–Crippen MR) is 73.1 cm³/mol. The molecule has 0 bridgehead atoms. The zero-order valence-corrected chi connectivity index (χ0v) is 12.1. The average molecular weight is 322 g/mol. The van der Waals surface area contributed by atoms with Crippen molar-refractivity contribution < 1.29 is 21.6 Å². The van der Waals surface area contributed by atoms with Gasteiger partial charge in [0.2, 0.25) is 10.0 Å². The van der Waals surface area contributed by atoms with Crippen LogP contribution in [-0.2, 0) is 22.7 Å². The van der Waals surface area contributed by atoms with Gasteiger partial charge >= 0.3 is 6.18 Å². The Labute approximate surface area is 121 Å². The largest absolute Gasteiger partial charge is 0.416 e. The van der Waals surface area contributed by atoms with Crippen LogP contribution in [0.3, 0.4) is 0 Å². The van der Waals surface area contributed by atoms with Gasteiger partial charge in [0.05, 0.1) is 11.3 Å². The molecule has 21 heavy (non-hydrogen) atoms. The molecule has 0 saturated heterocycles. The molecule has 1 saturated carbocycles. The van der Waals surface area contributed by atoms with E-state index in [0.717, 1.165) is 25.0 Å². The second-order valence-electron chi connectivity index (χ2n) is 5.07. The lowest BCUT2D eigenvalue weighted by molar-refractivity contribution is -0.137. The molecule has 1 aromatic rings. The minimum absolute atomic E-state index is 0.0809. The van der Waals surface area contributed by atoms with Crippen molar-refractivity contribution in [2.45, 2.75) is 31.6 Å². The standard InChI is InChI=1S/C13H17F3N2O2S/c14-13(15,16)11-3-1-2-10(8-11)9-18-21(19,20)7-6-17-12-4-5-12/h1-3,8,12,17-18H,4-7,9H2. The molecule has 0 radical (unpaired) electrons. The van der Waals surface area contributed by atoms with Crippen LogP contribution in [0, 0.1) is 0 Å². The van der Waals surface area contributed by atoms with E-state index in [1.165, 1.54) is 12.1 Å². The summed E-state index contributed by atoms with van der Waals surface area (Å²) in [5.74, 6) is -0.0809. The maximum absolute atomic E-state index is 12.5. The molecule has 1 fully saturated rings. The summed E-state index contributed by atoms with van der Waals surface area (Å²) in [6, 6.07) is 5.05. The molecule has 1 aliphatic rings. The summed E-state index contributed by atoms with van der Waals surface area (Å²) in [7, 11) is -3.49. The van der Waals surface area contributed by atoms with Crippen molar-refractivity contribution in [2.24, 2.45) is 0 Å². The van der Waals surface area contributed by atoms with Crippen LogP contribution in [0.2, 0.25) is 0 Å². The molecular formula is C13H17F3N2O2S. The molecule has 0 aliphatic heterocycles. The monoisotopic (exact) mass is 322 g/mol. The first-order valence-electron chi connectivity index (χ1n) is 6.63. The number of alkyl halides is 3. The molecule has 1 aliphatic carbocycles. The highest BCUT2D eigenvalue weighted by Gasteiger charge is 2.30. The summed E-state index contributed by atoms with van der Waals surface area (Å²) >= 11 is 0. The van der Waals surface area contributed by atoms with Crippen LogP contribution < -0.4 is 10.0 Å². The zero-order chi connectivity index (χ0) is 15.5. The van der Waals surface area contributed by atoms with E-state index in [4.69, 9.17) is 0 Å². The molecular weight excluding hydrogens is 305 g/mol. The van der Waals surface area contributed by atoms with Crippen LogP contribution in [0.25, 0.3) is 0 Å². The first-order valence-corrected chi connectivity index (χ1v) is 8.28. The van der Waals surface area contributed by atoms with Crippen molar-refractivity contribution in [2.75, 3.05) is 12.3 Å². The highest BCUT2D eigenvalue weighted by molar-refractivity contribution is 7.89. The van der Waals surface area contributed by atoms with Gasteiger partial charge in [0.1, 0.15) is 0 Å². The number of nitrogens with one attached hydrogen (secondary N) is 2. The van der Waals surface area contributed by atoms with Gasteiger partial charge in [-0.1, -0.05) is 18.2 Å². The van der Waals surface area contributed by atoms with Gasteiger partial charge in [0, 0.05) is 19.1 Å². The number of benzene rings is 1. The van der Waals surface area contributed by atoms with Crippen molar-refractivity contribution >= 4 is 10.0 Å². The quantitative estimate of drug-likeness (QED) is 0.806. The minimum atomic E-state index is -4.43. The van der Waals surface area contributed by atoms with Crippen LogP contribution >= 0.6 is 0 Å². The highest BCUT2D eigenvalue weighted by atomic mass is 32.2. The Balaban J connectivity index is 1.86. The minimum Gasteiger partial charge on any atom is -0.313 e. The first-order chi connectivity index (χ1) is 9.76. The van der Waals surface area contributed by atoms with Crippen molar-refractivity contribution in [1.29, 1.82) is 0 Å². The van der Waals surface area contributed by atoms with Crippen molar-refractivity contribution in [3.8, 4) is 0 Å². The van der Waals surface area contributed by atoms with Crippen LogP contribution in [-0.4, -0.2) is 26.8 Å². The van der Waals surface area contributed by atoms with Gasteiger partial charge in [0.15, 0.2) is 0 Å². The maximum atomic E-state index is 12.5. The summed E-state index contributed by atoms with van der Waals surface area (Å²) in [6.07, 6.45) is -2.29. The molecule has 0 aromatic heterocycles. The van der Waals surface area contributed by atoms with Gasteiger partial charge < -0.3 is 5.32 Å². The SMILES string of the molecule is O=S(=O)(CCNC1CC1)NCc1cccc(C(F)(F)F)c1. The summed E-state index contributed by atoms with van der Waals surface area (Å²) in [6.45, 7) is 0.207. The number of sulfonamides is 1. The van der Waals surface area contributed by atoms with E-state index in [2.05, 4.69) is 10.0 Å². The maximum Gasteiger partial charge on any atom is 0.416 e. The van der Waals surface area contributed by atoms with E-state index in [9.17, 15) is 21.6 Å². The second kappa shape index (κ2) is 6.33. The lowest BCUT2D eigenvalue weighted by Gasteiger charge is -2.10. The Hall–Kier alpha value is -1.12. The summed E-state index contributed by atoms with van der Waals surface area (Å²) in [4.78, 5) is 0. The second-order valence-corrected chi connectivity index (χ2v) is 6.99. The van der Waals surface area contributed by atoms with Gasteiger partial charge in [-0.3, -0.25) is 0 Å². The Morgan fingerprint density at radius 2 is 1.95 bits per heavy atom. The number of hydrogen-bond acceptors (Lipinski definition) is 3. The van der Waals surface area contributed by atoms with E-state index in [1.54, 1.807) is 0 Å². The van der Waals surface area contributed by atoms with Crippen LogP contribution in [0.15, 0.2) is 24.3 Å². The average Bonchev–Trinajstić information content (AvgIpc) is 3.20. The molecule has 0 spiro atoms.